The second-order valence-corrected chi connectivity index (χ2v) is 7.03. The summed E-state index contributed by atoms with van der Waals surface area (Å²) in [5.41, 5.74) is 5.35. The number of aryl methyl sites for hydroxylation is 1. The number of aromatic nitrogens is 4. The van der Waals surface area contributed by atoms with Crippen LogP contribution < -0.4 is 5.06 Å². The Balaban J connectivity index is 0.00000111. The average molecular weight is 646 g/mol. The number of aliphatic hydroxyl groups is 1. The third kappa shape index (κ3) is 5.10. The van der Waals surface area contributed by atoms with Crippen molar-refractivity contribution in [2.45, 2.75) is 46.6 Å². The van der Waals surface area contributed by atoms with Gasteiger partial charge in [0.25, 0.3) is 0 Å². The van der Waals surface area contributed by atoms with Crippen LogP contribution in [-0.4, -0.2) is 36.7 Å². The zero-order valence-corrected chi connectivity index (χ0v) is 22.8. The summed E-state index contributed by atoms with van der Waals surface area (Å²) in [5.74, 6) is 0.461. The number of pyridine rings is 3. The van der Waals surface area contributed by atoms with Gasteiger partial charge in [-0.1, -0.05) is 27.2 Å². The minimum atomic E-state index is -0.543. The van der Waals surface area contributed by atoms with Gasteiger partial charge >= 0.3 is 0 Å². The molecular formula is C23H29N5O2U. The van der Waals surface area contributed by atoms with Crippen LogP contribution >= 0.6 is 0 Å². The van der Waals surface area contributed by atoms with Crippen LogP contribution in [0.5, 0.6) is 0 Å². The first-order valence-electron chi connectivity index (χ1n) is 10.3. The number of hydrogen-bond acceptors (Lipinski definition) is 6. The summed E-state index contributed by atoms with van der Waals surface area (Å²) in [6, 6.07) is 5.81. The summed E-state index contributed by atoms with van der Waals surface area (Å²) in [6.07, 6.45) is 8.25. The normalized spacial score (nSPS) is 11.6. The predicted octanol–water partition coefficient (Wildman–Crippen LogP) is 4.94. The number of imidazole rings is 1. The fraction of sp³-hybridized carbons (Fsp3) is 0.348. The predicted molar refractivity (Wildman–Crippen MR) is 120 cm³/mol. The van der Waals surface area contributed by atoms with Gasteiger partial charge < -0.3 is 5.11 Å². The van der Waals surface area contributed by atoms with Crippen molar-refractivity contribution in [2.75, 3.05) is 12.1 Å². The van der Waals surface area contributed by atoms with Crippen LogP contribution in [0, 0.1) is 38.0 Å². The van der Waals surface area contributed by atoms with E-state index in [-0.39, 0.29) is 31.1 Å². The Morgan fingerprint density at radius 2 is 1.81 bits per heavy atom. The molecule has 0 aromatic carbocycles. The molecule has 162 valence electrons. The standard InChI is InChI=1S/C21H23N5O2.C2H6.U/c1-4-5-19(27)17-8-13(2)16(12-23-17)15-9-14-11-24-20(25(3)28)10-18(14)26-7-6-22-21(15)26;1-2;/h6-12,19,27-28H,4-5H2,1-3H3;1-2H3;. The maximum Gasteiger partial charge on any atom is 0.153 e. The van der Waals surface area contributed by atoms with Crippen molar-refractivity contribution in [1.29, 1.82) is 0 Å². The van der Waals surface area contributed by atoms with E-state index in [1.807, 2.05) is 62.7 Å². The van der Waals surface area contributed by atoms with Crippen molar-refractivity contribution >= 4 is 22.4 Å². The summed E-state index contributed by atoms with van der Waals surface area (Å²) in [7, 11) is 1.54. The third-order valence-electron chi connectivity index (χ3n) is 5.00. The first-order valence-corrected chi connectivity index (χ1v) is 10.3. The van der Waals surface area contributed by atoms with Crippen molar-refractivity contribution < 1.29 is 41.4 Å². The van der Waals surface area contributed by atoms with Gasteiger partial charge in [-0.25, -0.2) is 15.0 Å². The fourth-order valence-corrected chi connectivity index (χ4v) is 3.52. The first-order chi connectivity index (χ1) is 14.5. The Morgan fingerprint density at radius 1 is 1.06 bits per heavy atom. The molecule has 0 aliphatic carbocycles. The number of rotatable bonds is 5. The van der Waals surface area contributed by atoms with E-state index in [1.54, 1.807) is 12.4 Å². The number of anilines is 1. The topological polar surface area (TPSA) is 86.8 Å². The monoisotopic (exact) mass is 645 g/mol. The average Bonchev–Trinajstić information content (AvgIpc) is 3.25. The molecule has 0 amide bonds. The van der Waals surface area contributed by atoms with E-state index in [0.29, 0.717) is 17.9 Å². The molecule has 0 aliphatic heterocycles. The summed E-state index contributed by atoms with van der Waals surface area (Å²) >= 11 is 0. The SMILES string of the molecule is CC.CCCC(O)c1cc(C)c(-c2cc3cnc(N(C)O)cc3n3ccnc23)cn1.[U]. The summed E-state index contributed by atoms with van der Waals surface area (Å²) < 4.78 is 1.98. The van der Waals surface area contributed by atoms with Crippen molar-refractivity contribution in [3.8, 4) is 11.1 Å². The van der Waals surface area contributed by atoms with Gasteiger partial charge in [-0.15, -0.1) is 0 Å². The molecule has 7 nitrogen and oxygen atoms in total. The molecule has 31 heavy (non-hydrogen) atoms. The van der Waals surface area contributed by atoms with Crippen LogP contribution in [0.1, 0.15) is 51.0 Å². The van der Waals surface area contributed by atoms with Gasteiger partial charge in [0.05, 0.1) is 17.3 Å². The zero-order valence-electron chi connectivity index (χ0n) is 18.7. The maximum atomic E-state index is 10.2. The van der Waals surface area contributed by atoms with Crippen molar-refractivity contribution in [1.82, 2.24) is 19.4 Å². The number of hydrogen-bond donors (Lipinski definition) is 2. The fourth-order valence-electron chi connectivity index (χ4n) is 3.52. The molecule has 4 heterocycles. The van der Waals surface area contributed by atoms with E-state index >= 15 is 0 Å². The number of hydroxylamine groups is 1. The molecule has 0 saturated carbocycles. The largest absolute Gasteiger partial charge is 0.387 e. The van der Waals surface area contributed by atoms with Crippen LogP contribution in [0.4, 0.5) is 5.82 Å². The molecule has 8 heteroatoms. The number of nitrogens with zero attached hydrogens (tertiary/aromatic N) is 5. The Hall–Kier alpha value is -1.98. The summed E-state index contributed by atoms with van der Waals surface area (Å²) in [5, 5.41) is 21.9. The number of aliphatic hydroxyl groups excluding tert-OH is 1. The van der Waals surface area contributed by atoms with E-state index in [0.717, 1.165) is 44.7 Å². The van der Waals surface area contributed by atoms with E-state index in [1.165, 1.54) is 7.05 Å². The summed E-state index contributed by atoms with van der Waals surface area (Å²) in [6.45, 7) is 8.06. The Kier molecular flexibility index (Phi) is 9.02. The van der Waals surface area contributed by atoms with E-state index in [4.69, 9.17) is 0 Å². The molecule has 0 fully saturated rings. The van der Waals surface area contributed by atoms with Crippen LogP contribution in [0.2, 0.25) is 0 Å². The van der Waals surface area contributed by atoms with Crippen LogP contribution in [-0.2, 0) is 0 Å². The van der Waals surface area contributed by atoms with Gasteiger partial charge in [-0.2, -0.15) is 0 Å². The van der Waals surface area contributed by atoms with E-state index < -0.39 is 6.10 Å². The van der Waals surface area contributed by atoms with Gasteiger partial charge in [-0.3, -0.25) is 14.6 Å². The molecule has 0 saturated heterocycles. The third-order valence-corrected chi connectivity index (χ3v) is 5.00. The Labute approximate surface area is 206 Å². The molecule has 4 aromatic rings. The maximum absolute atomic E-state index is 10.2. The van der Waals surface area contributed by atoms with Crippen molar-refractivity contribution in [3.63, 3.8) is 0 Å². The second-order valence-electron chi connectivity index (χ2n) is 7.03. The van der Waals surface area contributed by atoms with Gasteiger partial charge in [0, 0.05) is 85.5 Å². The molecule has 0 spiro atoms. The van der Waals surface area contributed by atoms with E-state index in [2.05, 4.69) is 15.0 Å². The molecule has 4 rings (SSSR count). The quantitative estimate of drug-likeness (QED) is 0.300. The Morgan fingerprint density at radius 3 is 2.45 bits per heavy atom. The van der Waals surface area contributed by atoms with Gasteiger partial charge in [0.1, 0.15) is 5.65 Å². The molecule has 0 aliphatic rings. The van der Waals surface area contributed by atoms with Crippen LogP contribution in [0.3, 0.4) is 0 Å². The van der Waals surface area contributed by atoms with E-state index in [9.17, 15) is 10.3 Å². The molecule has 2 N–H and O–H groups in total. The molecule has 1 atom stereocenters. The zero-order chi connectivity index (χ0) is 21.8. The van der Waals surface area contributed by atoms with Gasteiger partial charge in [-0.05, 0) is 31.0 Å². The van der Waals surface area contributed by atoms with Crippen LogP contribution in [0.15, 0.2) is 43.0 Å². The van der Waals surface area contributed by atoms with Crippen molar-refractivity contribution in [3.05, 3.63) is 54.2 Å². The van der Waals surface area contributed by atoms with Crippen molar-refractivity contribution in [2.24, 2.45) is 0 Å². The first kappa shape index (κ1) is 25.3. The number of fused-ring (bicyclic) bond motifs is 3. The molecule has 0 radical (unpaired) electrons. The second kappa shape index (κ2) is 11.1. The minimum absolute atomic E-state index is 0. The molecule has 4 aromatic heterocycles. The molecule has 1 unspecified atom stereocenters. The van der Waals surface area contributed by atoms with Crippen LogP contribution in [0.25, 0.3) is 27.7 Å². The summed E-state index contributed by atoms with van der Waals surface area (Å²) in [4.78, 5) is 13.3. The Bertz CT molecular complexity index is 1160. The minimum Gasteiger partial charge on any atom is -0.387 e. The molecule has 0 bridgehead atoms. The van der Waals surface area contributed by atoms with Gasteiger partial charge in [0.15, 0.2) is 5.82 Å². The van der Waals surface area contributed by atoms with Gasteiger partial charge in [0.2, 0.25) is 0 Å². The smallest absolute Gasteiger partial charge is 0.153 e. The molecular weight excluding hydrogens is 616 g/mol.